The van der Waals surface area contributed by atoms with Gasteiger partial charge in [0.05, 0.1) is 15.5 Å². The number of carbonyl (C=O) groups excluding carboxylic acids is 1. The molecule has 6 nitrogen and oxygen atoms in total. The van der Waals surface area contributed by atoms with Crippen molar-refractivity contribution in [2.24, 2.45) is 5.92 Å². The summed E-state index contributed by atoms with van der Waals surface area (Å²) in [5.74, 6) is -0.278. The van der Waals surface area contributed by atoms with Crippen molar-refractivity contribution >= 4 is 33.2 Å². The Labute approximate surface area is 183 Å². The highest BCUT2D eigenvalue weighted by atomic mass is 35.5. The van der Waals surface area contributed by atoms with Crippen LogP contribution in [0.3, 0.4) is 0 Å². The highest BCUT2D eigenvalue weighted by Crippen LogP contribution is 2.36. The summed E-state index contributed by atoms with van der Waals surface area (Å²) in [5, 5.41) is 1.83. The fourth-order valence-electron chi connectivity index (χ4n) is 2.47. The topological polar surface area (TPSA) is 84.5 Å². The summed E-state index contributed by atoms with van der Waals surface area (Å²) in [6.07, 6.45) is -4.66. The molecule has 2 N–H and O–H groups in total. The number of aryl methyl sites for hydroxylation is 1. The molecule has 11 heteroatoms. The molecule has 1 amide bonds. The van der Waals surface area contributed by atoms with E-state index in [1.54, 1.807) is 6.92 Å². The number of anilines is 1. The molecule has 0 aliphatic carbocycles. The zero-order valence-corrected chi connectivity index (χ0v) is 18.6. The third-order valence-electron chi connectivity index (χ3n) is 4.05. The number of halogens is 4. The SMILES string of the molecule is Cc1cc(S(=O)(=O)NCC(C)C)ccc1OCC(=O)Nc1ccc(Cl)c(C(F)(F)F)c1. The molecule has 0 atom stereocenters. The van der Waals surface area contributed by atoms with E-state index < -0.39 is 39.3 Å². The van der Waals surface area contributed by atoms with Crippen LogP contribution in [0.1, 0.15) is 25.0 Å². The Hall–Kier alpha value is -2.30. The molecule has 0 spiro atoms. The lowest BCUT2D eigenvalue weighted by molar-refractivity contribution is -0.137. The van der Waals surface area contributed by atoms with Crippen LogP contribution in [0.25, 0.3) is 0 Å². The minimum absolute atomic E-state index is 0.0586. The molecule has 0 unspecified atom stereocenters. The number of benzene rings is 2. The quantitative estimate of drug-likeness (QED) is 0.580. The van der Waals surface area contributed by atoms with Gasteiger partial charge in [-0.15, -0.1) is 0 Å². The van der Waals surface area contributed by atoms with Gasteiger partial charge in [0.2, 0.25) is 10.0 Å². The van der Waals surface area contributed by atoms with E-state index >= 15 is 0 Å². The second-order valence-corrected chi connectivity index (χ2v) is 9.38. The van der Waals surface area contributed by atoms with Gasteiger partial charge in [-0.3, -0.25) is 4.79 Å². The molecule has 0 aliphatic heterocycles. The number of hydrogen-bond acceptors (Lipinski definition) is 4. The number of rotatable bonds is 8. The van der Waals surface area contributed by atoms with Crippen LogP contribution in [0.2, 0.25) is 5.02 Å². The fourth-order valence-corrected chi connectivity index (χ4v) is 3.99. The highest BCUT2D eigenvalue weighted by molar-refractivity contribution is 7.89. The van der Waals surface area contributed by atoms with Crippen LogP contribution in [-0.2, 0) is 21.0 Å². The van der Waals surface area contributed by atoms with Gasteiger partial charge in [-0.05, 0) is 54.8 Å². The molecule has 0 aromatic heterocycles. The molecule has 0 aliphatic rings. The van der Waals surface area contributed by atoms with Crippen LogP contribution in [0, 0.1) is 12.8 Å². The molecular formula is C20H22ClF3N2O4S. The van der Waals surface area contributed by atoms with E-state index in [4.69, 9.17) is 16.3 Å². The first-order valence-corrected chi connectivity index (χ1v) is 11.1. The summed E-state index contributed by atoms with van der Waals surface area (Å²) >= 11 is 5.55. The van der Waals surface area contributed by atoms with Crippen molar-refractivity contribution in [3.05, 3.63) is 52.5 Å². The number of carbonyl (C=O) groups is 1. The molecule has 0 bridgehead atoms. The minimum Gasteiger partial charge on any atom is -0.483 e. The van der Waals surface area contributed by atoms with Gasteiger partial charge in [-0.2, -0.15) is 13.2 Å². The van der Waals surface area contributed by atoms with Gasteiger partial charge in [0, 0.05) is 12.2 Å². The average molecular weight is 479 g/mol. The summed E-state index contributed by atoms with van der Waals surface area (Å²) in [6, 6.07) is 7.18. The van der Waals surface area contributed by atoms with Crippen molar-refractivity contribution in [1.82, 2.24) is 4.72 Å². The maximum atomic E-state index is 12.9. The Morgan fingerprint density at radius 2 is 1.84 bits per heavy atom. The van der Waals surface area contributed by atoms with Crippen LogP contribution in [0.5, 0.6) is 5.75 Å². The second-order valence-electron chi connectivity index (χ2n) is 7.20. The maximum Gasteiger partial charge on any atom is 0.417 e. The third-order valence-corrected chi connectivity index (χ3v) is 5.80. The number of ether oxygens (including phenoxy) is 1. The maximum absolute atomic E-state index is 12.9. The second kappa shape index (κ2) is 9.88. The molecule has 0 radical (unpaired) electrons. The van der Waals surface area contributed by atoms with Crippen LogP contribution in [0.4, 0.5) is 18.9 Å². The van der Waals surface area contributed by atoms with Gasteiger partial charge >= 0.3 is 6.18 Å². The zero-order valence-electron chi connectivity index (χ0n) is 17.0. The fraction of sp³-hybridized carbons (Fsp3) is 0.350. The Morgan fingerprint density at radius 1 is 1.16 bits per heavy atom. The van der Waals surface area contributed by atoms with Crippen LogP contribution in [0.15, 0.2) is 41.3 Å². The van der Waals surface area contributed by atoms with Crippen molar-refractivity contribution in [3.63, 3.8) is 0 Å². The predicted octanol–water partition coefficient (Wildman–Crippen LogP) is 4.62. The van der Waals surface area contributed by atoms with Gasteiger partial charge in [0.25, 0.3) is 5.91 Å². The molecule has 0 saturated carbocycles. The summed E-state index contributed by atoms with van der Waals surface area (Å²) in [4.78, 5) is 12.1. The Morgan fingerprint density at radius 3 is 2.42 bits per heavy atom. The van der Waals surface area contributed by atoms with Crippen molar-refractivity contribution < 1.29 is 31.1 Å². The van der Waals surface area contributed by atoms with Crippen molar-refractivity contribution in [2.45, 2.75) is 31.8 Å². The molecule has 31 heavy (non-hydrogen) atoms. The largest absolute Gasteiger partial charge is 0.483 e. The van der Waals surface area contributed by atoms with E-state index in [2.05, 4.69) is 10.0 Å². The first-order chi connectivity index (χ1) is 14.3. The molecule has 0 fully saturated rings. The van der Waals surface area contributed by atoms with Crippen molar-refractivity contribution in [3.8, 4) is 5.75 Å². The minimum atomic E-state index is -4.66. The van der Waals surface area contributed by atoms with E-state index in [0.29, 0.717) is 12.1 Å². The summed E-state index contributed by atoms with van der Waals surface area (Å²) < 4.78 is 71.2. The monoisotopic (exact) mass is 478 g/mol. The molecular weight excluding hydrogens is 457 g/mol. The van der Waals surface area contributed by atoms with Gasteiger partial charge < -0.3 is 10.1 Å². The molecule has 2 aromatic rings. The first-order valence-electron chi connectivity index (χ1n) is 9.19. The van der Waals surface area contributed by atoms with E-state index in [1.807, 2.05) is 13.8 Å². The van der Waals surface area contributed by atoms with Gasteiger partial charge in [-0.25, -0.2) is 13.1 Å². The number of alkyl halides is 3. The molecule has 2 aromatic carbocycles. The number of amides is 1. The van der Waals surface area contributed by atoms with Crippen LogP contribution in [-0.4, -0.2) is 27.5 Å². The lowest BCUT2D eigenvalue weighted by atomic mass is 10.2. The summed E-state index contributed by atoms with van der Waals surface area (Å²) in [7, 11) is -3.67. The molecule has 170 valence electrons. The number of hydrogen-bond donors (Lipinski definition) is 2. The van der Waals surface area contributed by atoms with E-state index in [0.717, 1.165) is 12.1 Å². The van der Waals surface area contributed by atoms with Crippen molar-refractivity contribution in [1.29, 1.82) is 0 Å². The smallest absolute Gasteiger partial charge is 0.417 e. The van der Waals surface area contributed by atoms with E-state index in [-0.39, 0.29) is 22.3 Å². The van der Waals surface area contributed by atoms with Gasteiger partial charge in [-0.1, -0.05) is 25.4 Å². The Balaban J connectivity index is 2.03. The average Bonchev–Trinajstić information content (AvgIpc) is 2.66. The van der Waals surface area contributed by atoms with Crippen molar-refractivity contribution in [2.75, 3.05) is 18.5 Å². The first kappa shape index (κ1) is 25.0. The predicted molar refractivity (Wildman–Crippen MR) is 112 cm³/mol. The number of nitrogens with one attached hydrogen (secondary N) is 2. The lowest BCUT2D eigenvalue weighted by Gasteiger charge is -2.13. The van der Waals surface area contributed by atoms with Crippen LogP contribution < -0.4 is 14.8 Å². The summed E-state index contributed by atoms with van der Waals surface area (Å²) in [5.41, 5.74) is -0.669. The third kappa shape index (κ3) is 7.12. The standard InChI is InChI=1S/C20H22ClF3N2O4S/c1-12(2)10-25-31(28,29)15-5-7-18(13(3)8-15)30-11-19(27)26-14-4-6-17(21)16(9-14)20(22,23)24/h4-9,12,25H,10-11H2,1-3H3,(H,26,27). The zero-order chi connectivity index (χ0) is 23.4. The summed E-state index contributed by atoms with van der Waals surface area (Å²) in [6.45, 7) is 5.18. The normalized spacial score (nSPS) is 12.1. The Kier molecular flexibility index (Phi) is 7.96. The lowest BCUT2D eigenvalue weighted by Crippen LogP contribution is -2.27. The number of sulfonamides is 1. The van der Waals surface area contributed by atoms with Gasteiger partial charge in [0.1, 0.15) is 5.75 Å². The molecule has 0 heterocycles. The molecule has 2 rings (SSSR count). The van der Waals surface area contributed by atoms with E-state index in [9.17, 15) is 26.4 Å². The Bertz CT molecular complexity index is 1060. The highest BCUT2D eigenvalue weighted by Gasteiger charge is 2.33. The van der Waals surface area contributed by atoms with E-state index in [1.165, 1.54) is 24.3 Å². The van der Waals surface area contributed by atoms with Crippen LogP contribution >= 0.6 is 11.6 Å². The van der Waals surface area contributed by atoms with Gasteiger partial charge in [0.15, 0.2) is 6.61 Å². The molecule has 0 saturated heterocycles.